The molecule has 2 fully saturated rings. The van der Waals surface area contributed by atoms with Gasteiger partial charge in [0.05, 0.1) is 11.1 Å². The van der Waals surface area contributed by atoms with Crippen molar-refractivity contribution in [2.75, 3.05) is 44.2 Å². The van der Waals surface area contributed by atoms with Crippen LogP contribution >= 0.6 is 0 Å². The lowest BCUT2D eigenvalue weighted by atomic mass is 9.82. The van der Waals surface area contributed by atoms with Gasteiger partial charge in [0.2, 0.25) is 0 Å². The molecular formula is C23H31N5O3. The van der Waals surface area contributed by atoms with E-state index in [1.165, 1.54) is 0 Å². The van der Waals surface area contributed by atoms with Gasteiger partial charge >= 0.3 is 6.09 Å². The fourth-order valence-corrected chi connectivity index (χ4v) is 4.61. The van der Waals surface area contributed by atoms with E-state index in [1.54, 1.807) is 0 Å². The quantitative estimate of drug-likeness (QED) is 0.566. The van der Waals surface area contributed by atoms with Crippen LogP contribution in [0, 0.1) is 11.8 Å². The fraction of sp³-hybridized carbons (Fsp3) is 0.522. The van der Waals surface area contributed by atoms with Crippen molar-refractivity contribution in [1.82, 2.24) is 20.9 Å². The zero-order chi connectivity index (χ0) is 21.6. The van der Waals surface area contributed by atoms with Crippen LogP contribution in [0.25, 0.3) is 10.9 Å². The molecule has 8 nitrogen and oxygen atoms in total. The molecule has 2 amide bonds. The van der Waals surface area contributed by atoms with Crippen LogP contribution in [0.1, 0.15) is 36.0 Å². The van der Waals surface area contributed by atoms with Crippen LogP contribution in [-0.2, 0) is 0 Å². The molecule has 0 bridgehead atoms. The molecule has 0 unspecified atom stereocenters. The van der Waals surface area contributed by atoms with E-state index in [2.05, 4.69) is 20.9 Å². The SMILES string of the molecule is O=C(O)NC[C@H]1CC[C@H](CNC(=O)c2cc(N3CCNCC3)nc3ccccc23)CC1. The molecule has 2 aliphatic rings. The summed E-state index contributed by atoms with van der Waals surface area (Å²) in [5.41, 5.74) is 1.52. The van der Waals surface area contributed by atoms with Gasteiger partial charge in [-0.15, -0.1) is 0 Å². The van der Waals surface area contributed by atoms with Gasteiger partial charge in [-0.1, -0.05) is 18.2 Å². The summed E-state index contributed by atoms with van der Waals surface area (Å²) in [7, 11) is 0. The van der Waals surface area contributed by atoms with Crippen LogP contribution in [0.4, 0.5) is 10.6 Å². The number of carbonyl (C=O) groups excluding carboxylic acids is 1. The minimum Gasteiger partial charge on any atom is -0.465 e. The van der Waals surface area contributed by atoms with Gasteiger partial charge in [0.15, 0.2) is 0 Å². The van der Waals surface area contributed by atoms with E-state index in [-0.39, 0.29) is 5.91 Å². The number of hydrogen-bond acceptors (Lipinski definition) is 5. The predicted octanol–water partition coefficient (Wildman–Crippen LogP) is 2.45. The highest BCUT2D eigenvalue weighted by Crippen LogP contribution is 2.28. The number of aromatic nitrogens is 1. The number of anilines is 1. The van der Waals surface area contributed by atoms with Gasteiger partial charge in [0.25, 0.3) is 5.91 Å². The van der Waals surface area contributed by atoms with Gasteiger partial charge in [-0.2, -0.15) is 0 Å². The minimum atomic E-state index is -0.959. The van der Waals surface area contributed by atoms with E-state index in [0.717, 1.165) is 68.6 Å². The molecule has 1 aliphatic carbocycles. The summed E-state index contributed by atoms with van der Waals surface area (Å²) in [5.74, 6) is 1.64. The van der Waals surface area contributed by atoms with Gasteiger partial charge < -0.3 is 26.0 Å². The third-order valence-electron chi connectivity index (χ3n) is 6.45. The van der Waals surface area contributed by atoms with Gasteiger partial charge in [-0.3, -0.25) is 4.79 Å². The third kappa shape index (κ3) is 5.44. The number of benzene rings is 1. The maximum absolute atomic E-state index is 13.1. The molecule has 166 valence electrons. The molecule has 2 heterocycles. The number of carboxylic acid groups (broad SMARTS) is 1. The first-order valence-corrected chi connectivity index (χ1v) is 11.2. The Morgan fingerprint density at radius 1 is 1.03 bits per heavy atom. The van der Waals surface area contributed by atoms with Crippen LogP contribution in [0.2, 0.25) is 0 Å². The van der Waals surface area contributed by atoms with Crippen LogP contribution in [0.5, 0.6) is 0 Å². The molecular weight excluding hydrogens is 394 g/mol. The number of rotatable bonds is 6. The molecule has 2 aromatic rings. The number of pyridine rings is 1. The van der Waals surface area contributed by atoms with Crippen molar-refractivity contribution < 1.29 is 14.7 Å². The van der Waals surface area contributed by atoms with Crippen molar-refractivity contribution in [3.8, 4) is 0 Å². The summed E-state index contributed by atoms with van der Waals surface area (Å²) in [6.07, 6.45) is 3.04. The lowest BCUT2D eigenvalue weighted by Gasteiger charge is -2.29. The molecule has 1 aromatic heterocycles. The number of para-hydroxylation sites is 1. The molecule has 1 aromatic carbocycles. The topological polar surface area (TPSA) is 107 Å². The molecule has 31 heavy (non-hydrogen) atoms. The van der Waals surface area contributed by atoms with Gasteiger partial charge in [-0.25, -0.2) is 9.78 Å². The minimum absolute atomic E-state index is 0.0512. The van der Waals surface area contributed by atoms with Crippen molar-refractivity contribution in [1.29, 1.82) is 0 Å². The molecule has 0 radical (unpaired) electrons. The van der Waals surface area contributed by atoms with Crippen LogP contribution in [0.3, 0.4) is 0 Å². The maximum Gasteiger partial charge on any atom is 0.404 e. The molecule has 8 heteroatoms. The number of fused-ring (bicyclic) bond motifs is 1. The number of amides is 2. The lowest BCUT2D eigenvalue weighted by Crippen LogP contribution is -2.44. The highest BCUT2D eigenvalue weighted by molar-refractivity contribution is 6.07. The Hall–Kier alpha value is -2.87. The summed E-state index contributed by atoms with van der Waals surface area (Å²) in [6.45, 7) is 4.77. The largest absolute Gasteiger partial charge is 0.465 e. The number of nitrogens with zero attached hydrogens (tertiary/aromatic N) is 2. The van der Waals surface area contributed by atoms with Crippen LogP contribution in [0.15, 0.2) is 30.3 Å². The molecule has 4 N–H and O–H groups in total. The van der Waals surface area contributed by atoms with E-state index in [9.17, 15) is 9.59 Å². The van der Waals surface area contributed by atoms with Crippen molar-refractivity contribution >= 4 is 28.7 Å². The normalized spacial score (nSPS) is 21.6. The highest BCUT2D eigenvalue weighted by Gasteiger charge is 2.23. The van der Waals surface area contributed by atoms with Crippen molar-refractivity contribution in [3.63, 3.8) is 0 Å². The summed E-state index contributed by atoms with van der Waals surface area (Å²) < 4.78 is 0. The predicted molar refractivity (Wildman–Crippen MR) is 121 cm³/mol. The van der Waals surface area contributed by atoms with Crippen molar-refractivity contribution in [2.24, 2.45) is 11.8 Å². The zero-order valence-corrected chi connectivity index (χ0v) is 17.8. The maximum atomic E-state index is 13.1. The number of hydrogen-bond donors (Lipinski definition) is 4. The molecule has 4 rings (SSSR count). The Morgan fingerprint density at radius 2 is 1.68 bits per heavy atom. The number of piperazine rings is 1. The molecule has 0 atom stereocenters. The molecule has 1 saturated heterocycles. The monoisotopic (exact) mass is 425 g/mol. The summed E-state index contributed by atoms with van der Waals surface area (Å²) in [5, 5.41) is 18.6. The van der Waals surface area contributed by atoms with Crippen LogP contribution in [-0.4, -0.2) is 61.4 Å². The van der Waals surface area contributed by atoms with Gasteiger partial charge in [0.1, 0.15) is 5.82 Å². The number of nitrogens with one attached hydrogen (secondary N) is 3. The first-order chi connectivity index (χ1) is 15.1. The average Bonchev–Trinajstić information content (AvgIpc) is 2.81. The first-order valence-electron chi connectivity index (χ1n) is 11.2. The second-order valence-electron chi connectivity index (χ2n) is 8.57. The highest BCUT2D eigenvalue weighted by atomic mass is 16.4. The lowest BCUT2D eigenvalue weighted by molar-refractivity contribution is 0.0942. The summed E-state index contributed by atoms with van der Waals surface area (Å²) in [4.78, 5) is 30.8. The molecule has 1 saturated carbocycles. The van der Waals surface area contributed by atoms with Gasteiger partial charge in [0, 0.05) is 44.7 Å². The Balaban J connectivity index is 1.40. The standard InChI is InChI=1S/C23H31N5O3/c29-22(25-14-16-5-7-17(8-6-16)15-26-23(30)31)19-13-21(28-11-9-24-10-12-28)27-20-4-2-1-3-18(19)20/h1-4,13,16-17,24,26H,5-12,14-15H2,(H,25,29)(H,30,31)/t16-,17-. The average molecular weight is 426 g/mol. The third-order valence-corrected chi connectivity index (χ3v) is 6.45. The first kappa shape index (κ1) is 21.4. The zero-order valence-electron chi connectivity index (χ0n) is 17.8. The molecule has 0 spiro atoms. The van der Waals surface area contributed by atoms with Crippen molar-refractivity contribution in [2.45, 2.75) is 25.7 Å². The summed E-state index contributed by atoms with van der Waals surface area (Å²) in [6, 6.07) is 9.75. The van der Waals surface area contributed by atoms with Gasteiger partial charge in [-0.05, 0) is 49.7 Å². The van der Waals surface area contributed by atoms with Crippen molar-refractivity contribution in [3.05, 3.63) is 35.9 Å². The van der Waals surface area contributed by atoms with Crippen LogP contribution < -0.4 is 20.9 Å². The Labute approximate surface area is 182 Å². The van der Waals surface area contributed by atoms with E-state index < -0.39 is 6.09 Å². The second-order valence-corrected chi connectivity index (χ2v) is 8.57. The Kier molecular flexibility index (Phi) is 6.86. The van der Waals surface area contributed by atoms with E-state index in [1.807, 2.05) is 30.3 Å². The fourth-order valence-electron chi connectivity index (χ4n) is 4.61. The number of carbonyl (C=O) groups is 2. The Bertz CT molecular complexity index is 921. The second kappa shape index (κ2) is 9.96. The van der Waals surface area contributed by atoms with E-state index >= 15 is 0 Å². The van der Waals surface area contributed by atoms with E-state index in [4.69, 9.17) is 10.1 Å². The smallest absolute Gasteiger partial charge is 0.404 e. The summed E-state index contributed by atoms with van der Waals surface area (Å²) >= 11 is 0. The molecule has 1 aliphatic heterocycles. The Morgan fingerprint density at radius 3 is 2.35 bits per heavy atom. The van der Waals surface area contributed by atoms with E-state index in [0.29, 0.717) is 30.5 Å².